The van der Waals surface area contributed by atoms with Crippen LogP contribution in [0.3, 0.4) is 0 Å². The highest BCUT2D eigenvalue weighted by Crippen LogP contribution is 2.17. The molecule has 2 rings (SSSR count). The predicted molar refractivity (Wildman–Crippen MR) is 89.4 cm³/mol. The molecule has 5 heteroatoms. The summed E-state index contributed by atoms with van der Waals surface area (Å²) >= 11 is 0. The molecular formula is C18H26N2O3. The minimum Gasteiger partial charge on any atom is -0.492 e. The number of likely N-dealkylation sites (tertiary alicyclic amines) is 1. The van der Waals surface area contributed by atoms with E-state index in [0.29, 0.717) is 19.7 Å². The van der Waals surface area contributed by atoms with Crippen LogP contribution >= 0.6 is 0 Å². The first-order chi connectivity index (χ1) is 11.0. The van der Waals surface area contributed by atoms with E-state index in [4.69, 9.17) is 4.74 Å². The van der Waals surface area contributed by atoms with Crippen molar-refractivity contribution < 1.29 is 14.3 Å². The molecule has 1 saturated heterocycles. The van der Waals surface area contributed by atoms with Gasteiger partial charge in [-0.05, 0) is 49.9 Å². The summed E-state index contributed by atoms with van der Waals surface area (Å²) in [5, 5.41) is 2.91. The van der Waals surface area contributed by atoms with Crippen molar-refractivity contribution in [2.24, 2.45) is 5.92 Å². The van der Waals surface area contributed by atoms with Crippen molar-refractivity contribution in [1.29, 1.82) is 0 Å². The third kappa shape index (κ3) is 5.27. The van der Waals surface area contributed by atoms with Gasteiger partial charge in [0, 0.05) is 20.0 Å². The summed E-state index contributed by atoms with van der Waals surface area (Å²) < 4.78 is 5.69. The number of benzene rings is 1. The molecule has 1 fully saturated rings. The van der Waals surface area contributed by atoms with Gasteiger partial charge >= 0.3 is 0 Å². The zero-order valence-corrected chi connectivity index (χ0v) is 14.2. The van der Waals surface area contributed by atoms with Gasteiger partial charge in [-0.25, -0.2) is 0 Å². The molecule has 1 aromatic carbocycles. The van der Waals surface area contributed by atoms with Crippen molar-refractivity contribution in [1.82, 2.24) is 10.2 Å². The average Bonchev–Trinajstić information content (AvgIpc) is 2.50. The van der Waals surface area contributed by atoms with E-state index >= 15 is 0 Å². The minimum absolute atomic E-state index is 0.0139. The van der Waals surface area contributed by atoms with Crippen LogP contribution in [0.2, 0.25) is 0 Å². The first kappa shape index (κ1) is 17.3. The Balaban J connectivity index is 1.73. The Kier molecular flexibility index (Phi) is 6.02. The number of amides is 2. The lowest BCUT2D eigenvalue weighted by Gasteiger charge is -2.31. The molecule has 1 atom stereocenters. The number of aryl methyl sites for hydroxylation is 2. The van der Waals surface area contributed by atoms with E-state index in [1.165, 1.54) is 0 Å². The summed E-state index contributed by atoms with van der Waals surface area (Å²) in [6, 6.07) is 6.07. The fourth-order valence-corrected chi connectivity index (χ4v) is 2.98. The summed E-state index contributed by atoms with van der Waals surface area (Å²) in [5.41, 5.74) is 2.33. The zero-order valence-electron chi connectivity index (χ0n) is 14.2. The van der Waals surface area contributed by atoms with Gasteiger partial charge in [0.1, 0.15) is 12.4 Å². The van der Waals surface area contributed by atoms with Crippen LogP contribution in [0.4, 0.5) is 0 Å². The van der Waals surface area contributed by atoms with E-state index in [1.54, 1.807) is 11.8 Å². The lowest BCUT2D eigenvalue weighted by Crippen LogP contribution is -2.45. The van der Waals surface area contributed by atoms with Gasteiger partial charge in [-0.15, -0.1) is 0 Å². The Hall–Kier alpha value is -2.04. The van der Waals surface area contributed by atoms with Crippen molar-refractivity contribution in [3.05, 3.63) is 29.3 Å². The van der Waals surface area contributed by atoms with Crippen molar-refractivity contribution in [2.75, 3.05) is 26.2 Å². The van der Waals surface area contributed by atoms with Crippen LogP contribution in [0, 0.1) is 19.8 Å². The van der Waals surface area contributed by atoms with Gasteiger partial charge in [0.15, 0.2) is 0 Å². The second kappa shape index (κ2) is 7.99. The fraction of sp³-hybridized carbons (Fsp3) is 0.556. The summed E-state index contributed by atoms with van der Waals surface area (Å²) in [6.45, 7) is 7.82. The molecule has 23 heavy (non-hydrogen) atoms. The van der Waals surface area contributed by atoms with Crippen molar-refractivity contribution in [3.63, 3.8) is 0 Å². The molecule has 1 heterocycles. The number of hydrogen-bond donors (Lipinski definition) is 1. The highest BCUT2D eigenvalue weighted by Gasteiger charge is 2.26. The largest absolute Gasteiger partial charge is 0.492 e. The molecule has 0 aliphatic carbocycles. The maximum atomic E-state index is 12.2. The molecular weight excluding hydrogens is 292 g/mol. The van der Waals surface area contributed by atoms with E-state index < -0.39 is 0 Å². The highest BCUT2D eigenvalue weighted by atomic mass is 16.5. The van der Waals surface area contributed by atoms with Crippen LogP contribution in [-0.2, 0) is 9.59 Å². The van der Waals surface area contributed by atoms with Crippen molar-refractivity contribution in [3.8, 4) is 5.75 Å². The number of nitrogens with one attached hydrogen (secondary N) is 1. The molecule has 0 spiro atoms. The van der Waals surface area contributed by atoms with Crippen LogP contribution in [0.25, 0.3) is 0 Å². The smallest absolute Gasteiger partial charge is 0.225 e. The third-order valence-corrected chi connectivity index (χ3v) is 4.10. The number of ether oxygens (including phenoxy) is 1. The van der Waals surface area contributed by atoms with Crippen LogP contribution < -0.4 is 10.1 Å². The Bertz CT molecular complexity index is 551. The lowest BCUT2D eigenvalue weighted by molar-refractivity contribution is -0.134. The molecule has 5 nitrogen and oxygen atoms in total. The second-order valence-electron chi connectivity index (χ2n) is 6.27. The maximum Gasteiger partial charge on any atom is 0.225 e. The molecule has 1 aliphatic rings. The van der Waals surface area contributed by atoms with Gasteiger partial charge in [0.25, 0.3) is 0 Å². The van der Waals surface area contributed by atoms with Gasteiger partial charge in [0.2, 0.25) is 11.8 Å². The van der Waals surface area contributed by atoms with E-state index in [1.807, 2.05) is 26.0 Å². The molecule has 1 N–H and O–H groups in total. The molecule has 2 amide bonds. The molecule has 126 valence electrons. The van der Waals surface area contributed by atoms with Crippen molar-refractivity contribution >= 4 is 11.8 Å². The number of carbonyl (C=O) groups excluding carboxylic acids is 2. The normalized spacial score (nSPS) is 17.7. The lowest BCUT2D eigenvalue weighted by atomic mass is 9.97. The highest BCUT2D eigenvalue weighted by molar-refractivity contribution is 5.80. The third-order valence-electron chi connectivity index (χ3n) is 4.10. The van der Waals surface area contributed by atoms with E-state index in [2.05, 4.69) is 11.4 Å². The van der Waals surface area contributed by atoms with Gasteiger partial charge in [-0.3, -0.25) is 9.59 Å². The topological polar surface area (TPSA) is 58.6 Å². The van der Waals surface area contributed by atoms with Crippen LogP contribution in [0.1, 0.15) is 30.9 Å². The fourth-order valence-electron chi connectivity index (χ4n) is 2.98. The minimum atomic E-state index is -0.103. The first-order valence-electron chi connectivity index (χ1n) is 8.20. The van der Waals surface area contributed by atoms with Gasteiger partial charge < -0.3 is 15.0 Å². The predicted octanol–water partition coefficient (Wildman–Crippen LogP) is 2.06. The first-order valence-corrected chi connectivity index (χ1v) is 8.20. The molecule has 1 aliphatic heterocycles. The second-order valence-corrected chi connectivity index (χ2v) is 6.27. The summed E-state index contributed by atoms with van der Waals surface area (Å²) in [6.07, 6.45) is 1.73. The Morgan fingerprint density at radius 2 is 1.96 bits per heavy atom. The number of hydrogen-bond acceptors (Lipinski definition) is 3. The summed E-state index contributed by atoms with van der Waals surface area (Å²) in [5.74, 6) is 0.784. The summed E-state index contributed by atoms with van der Waals surface area (Å²) in [4.78, 5) is 25.3. The number of piperidine rings is 1. The zero-order chi connectivity index (χ0) is 16.8. The SMILES string of the molecule is CC(=O)N1CCCC(C(=O)NCCOc2cc(C)cc(C)c2)C1. The van der Waals surface area contributed by atoms with Crippen molar-refractivity contribution in [2.45, 2.75) is 33.6 Å². The Morgan fingerprint density at radius 3 is 2.61 bits per heavy atom. The molecule has 0 aromatic heterocycles. The molecule has 0 bridgehead atoms. The number of carbonyl (C=O) groups is 2. The van der Waals surface area contributed by atoms with Crippen LogP contribution in [0.5, 0.6) is 5.75 Å². The molecule has 1 unspecified atom stereocenters. The van der Waals surface area contributed by atoms with E-state index in [0.717, 1.165) is 36.3 Å². The van der Waals surface area contributed by atoms with Crippen LogP contribution in [-0.4, -0.2) is 43.0 Å². The Morgan fingerprint density at radius 1 is 1.26 bits per heavy atom. The van der Waals surface area contributed by atoms with E-state index in [-0.39, 0.29) is 17.7 Å². The van der Waals surface area contributed by atoms with E-state index in [9.17, 15) is 9.59 Å². The van der Waals surface area contributed by atoms with Crippen LogP contribution in [0.15, 0.2) is 18.2 Å². The number of rotatable bonds is 5. The average molecular weight is 318 g/mol. The van der Waals surface area contributed by atoms with Gasteiger partial charge in [-0.1, -0.05) is 6.07 Å². The van der Waals surface area contributed by atoms with Gasteiger partial charge in [0.05, 0.1) is 12.5 Å². The monoisotopic (exact) mass is 318 g/mol. The molecule has 1 aromatic rings. The standard InChI is InChI=1S/C18H26N2O3/c1-13-9-14(2)11-17(10-13)23-8-6-19-18(22)16-5-4-7-20(12-16)15(3)21/h9-11,16H,4-8,12H2,1-3H3,(H,19,22). The summed E-state index contributed by atoms with van der Waals surface area (Å²) in [7, 11) is 0. The Labute approximate surface area is 138 Å². The molecule has 0 radical (unpaired) electrons. The number of nitrogens with zero attached hydrogens (tertiary/aromatic N) is 1. The van der Waals surface area contributed by atoms with Gasteiger partial charge in [-0.2, -0.15) is 0 Å². The molecule has 0 saturated carbocycles. The maximum absolute atomic E-state index is 12.2. The quantitative estimate of drug-likeness (QED) is 0.846.